The summed E-state index contributed by atoms with van der Waals surface area (Å²) in [4.78, 5) is 0. The summed E-state index contributed by atoms with van der Waals surface area (Å²) in [5.41, 5.74) is 6.93. The molecular formula is C23H26N+. The first-order valence-corrected chi connectivity index (χ1v) is 9.13. The molecule has 0 aliphatic heterocycles. The van der Waals surface area contributed by atoms with E-state index in [0.29, 0.717) is 0 Å². The number of nitrogens with zero attached hydrogens (tertiary/aromatic N) is 1. The first-order chi connectivity index (χ1) is 11.6. The van der Waals surface area contributed by atoms with Gasteiger partial charge in [0.05, 0.1) is 5.39 Å². The monoisotopic (exact) mass is 316 g/mol. The molecule has 0 unspecified atom stereocenters. The predicted molar refractivity (Wildman–Crippen MR) is 101 cm³/mol. The van der Waals surface area contributed by atoms with Gasteiger partial charge in [-0.05, 0) is 61.3 Å². The second-order valence-electron chi connectivity index (χ2n) is 7.42. The highest BCUT2D eigenvalue weighted by Crippen LogP contribution is 2.37. The Balaban J connectivity index is 1.93. The van der Waals surface area contributed by atoms with E-state index in [1.54, 1.807) is 0 Å². The highest BCUT2D eigenvalue weighted by molar-refractivity contribution is 5.94. The van der Waals surface area contributed by atoms with Gasteiger partial charge in [0.15, 0.2) is 6.20 Å². The van der Waals surface area contributed by atoms with Crippen LogP contribution in [0.25, 0.3) is 22.0 Å². The van der Waals surface area contributed by atoms with Crippen molar-refractivity contribution in [3.63, 3.8) is 0 Å². The van der Waals surface area contributed by atoms with Crippen molar-refractivity contribution < 1.29 is 4.57 Å². The highest BCUT2D eigenvalue weighted by Gasteiger charge is 2.21. The Morgan fingerprint density at radius 1 is 0.917 bits per heavy atom. The van der Waals surface area contributed by atoms with Gasteiger partial charge in [0, 0.05) is 11.6 Å². The Morgan fingerprint density at radius 3 is 2.50 bits per heavy atom. The minimum absolute atomic E-state index is 0.756. The summed E-state index contributed by atoms with van der Waals surface area (Å²) >= 11 is 0. The van der Waals surface area contributed by atoms with Gasteiger partial charge >= 0.3 is 0 Å². The molecule has 1 saturated carbocycles. The fourth-order valence-electron chi connectivity index (χ4n) is 4.24. The Labute approximate surface area is 145 Å². The van der Waals surface area contributed by atoms with Crippen LogP contribution >= 0.6 is 0 Å². The molecule has 0 saturated heterocycles. The molecule has 2 aromatic carbocycles. The van der Waals surface area contributed by atoms with E-state index in [1.165, 1.54) is 64.4 Å². The third-order valence-corrected chi connectivity index (χ3v) is 5.64. The Kier molecular flexibility index (Phi) is 3.88. The second kappa shape index (κ2) is 6.05. The molecule has 1 aliphatic rings. The summed E-state index contributed by atoms with van der Waals surface area (Å²) in [6.45, 7) is 4.40. The molecule has 1 aliphatic carbocycles. The second-order valence-corrected chi connectivity index (χ2v) is 7.42. The summed E-state index contributed by atoms with van der Waals surface area (Å²) < 4.78 is 2.28. The molecule has 4 rings (SSSR count). The number of fused-ring (bicyclic) bond motifs is 1. The first-order valence-electron chi connectivity index (χ1n) is 9.13. The van der Waals surface area contributed by atoms with E-state index in [0.717, 1.165) is 5.92 Å². The molecule has 122 valence electrons. The van der Waals surface area contributed by atoms with Crippen molar-refractivity contribution in [2.24, 2.45) is 7.05 Å². The maximum atomic E-state index is 2.46. The number of rotatable bonds is 2. The average molecular weight is 316 g/mol. The lowest BCUT2D eigenvalue weighted by molar-refractivity contribution is -0.659. The molecule has 0 N–H and O–H groups in total. The standard InChI is InChI=1S/C23H26N/c1-16-8-11-21-20(14-16)12-13-24(3)23(21)22-15-19(10-9-17(22)2)18-6-4-5-7-18/h8-15,18H,4-7H2,1-3H3/q+1. The molecule has 1 nitrogen and oxygen atoms in total. The van der Waals surface area contributed by atoms with Gasteiger partial charge < -0.3 is 0 Å². The molecule has 0 spiro atoms. The van der Waals surface area contributed by atoms with Crippen molar-refractivity contribution in [1.29, 1.82) is 0 Å². The number of pyridine rings is 1. The van der Waals surface area contributed by atoms with Gasteiger partial charge in [-0.25, -0.2) is 4.57 Å². The molecule has 0 atom stereocenters. The third kappa shape index (κ3) is 2.62. The zero-order valence-corrected chi connectivity index (χ0v) is 15.0. The maximum Gasteiger partial charge on any atom is 0.220 e. The minimum Gasteiger partial charge on any atom is -0.200 e. The summed E-state index contributed by atoms with van der Waals surface area (Å²) in [6, 6.07) is 16.1. The van der Waals surface area contributed by atoms with E-state index in [2.05, 4.69) is 74.1 Å². The quantitative estimate of drug-likeness (QED) is 0.541. The van der Waals surface area contributed by atoms with Gasteiger partial charge in [-0.1, -0.05) is 42.7 Å². The van der Waals surface area contributed by atoms with Gasteiger partial charge in [0.25, 0.3) is 0 Å². The Bertz CT molecular complexity index is 901. The molecular weight excluding hydrogens is 290 g/mol. The summed E-state index contributed by atoms with van der Waals surface area (Å²) in [6.07, 6.45) is 7.66. The lowest BCUT2D eigenvalue weighted by atomic mass is 9.91. The fraction of sp³-hybridized carbons (Fsp3) is 0.348. The Morgan fingerprint density at radius 2 is 1.71 bits per heavy atom. The number of benzene rings is 2. The van der Waals surface area contributed by atoms with E-state index >= 15 is 0 Å². The molecule has 1 aromatic heterocycles. The van der Waals surface area contributed by atoms with Crippen molar-refractivity contribution >= 4 is 10.8 Å². The largest absolute Gasteiger partial charge is 0.220 e. The molecule has 24 heavy (non-hydrogen) atoms. The zero-order valence-electron chi connectivity index (χ0n) is 15.0. The van der Waals surface area contributed by atoms with Crippen molar-refractivity contribution in [2.45, 2.75) is 45.4 Å². The minimum atomic E-state index is 0.756. The van der Waals surface area contributed by atoms with Gasteiger partial charge in [-0.2, -0.15) is 0 Å². The van der Waals surface area contributed by atoms with Crippen molar-refractivity contribution in [3.05, 3.63) is 65.4 Å². The molecule has 0 radical (unpaired) electrons. The van der Waals surface area contributed by atoms with E-state index in [4.69, 9.17) is 0 Å². The number of aromatic nitrogens is 1. The van der Waals surface area contributed by atoms with Crippen LogP contribution in [0.2, 0.25) is 0 Å². The molecule has 1 fully saturated rings. The van der Waals surface area contributed by atoms with Gasteiger partial charge in [-0.3, -0.25) is 0 Å². The summed E-state index contributed by atoms with van der Waals surface area (Å²) in [5.74, 6) is 0.756. The van der Waals surface area contributed by atoms with Crippen LogP contribution in [0.3, 0.4) is 0 Å². The van der Waals surface area contributed by atoms with Gasteiger partial charge in [0.2, 0.25) is 5.69 Å². The molecule has 0 amide bonds. The van der Waals surface area contributed by atoms with Crippen LogP contribution < -0.4 is 4.57 Å². The lowest BCUT2D eigenvalue weighted by Gasteiger charge is -2.14. The van der Waals surface area contributed by atoms with Crippen LogP contribution in [0.4, 0.5) is 0 Å². The summed E-state index contributed by atoms with van der Waals surface area (Å²) in [5, 5.41) is 2.67. The fourth-order valence-corrected chi connectivity index (χ4v) is 4.24. The van der Waals surface area contributed by atoms with Crippen LogP contribution in [-0.2, 0) is 7.05 Å². The van der Waals surface area contributed by atoms with Crippen LogP contribution in [0.5, 0.6) is 0 Å². The van der Waals surface area contributed by atoms with Crippen LogP contribution in [0.1, 0.15) is 48.3 Å². The maximum absolute atomic E-state index is 2.46. The van der Waals surface area contributed by atoms with E-state index < -0.39 is 0 Å². The first kappa shape index (κ1) is 15.4. The number of hydrogen-bond acceptors (Lipinski definition) is 0. The van der Waals surface area contributed by atoms with E-state index in [9.17, 15) is 0 Å². The van der Waals surface area contributed by atoms with E-state index in [-0.39, 0.29) is 0 Å². The lowest BCUT2D eigenvalue weighted by Crippen LogP contribution is -2.30. The van der Waals surface area contributed by atoms with Crippen LogP contribution in [0, 0.1) is 13.8 Å². The van der Waals surface area contributed by atoms with Gasteiger partial charge in [0.1, 0.15) is 7.05 Å². The molecule has 3 aromatic rings. The molecule has 0 bridgehead atoms. The SMILES string of the molecule is Cc1ccc2c(-c3cc(C4CCCC4)ccc3C)[n+](C)ccc2c1. The Hall–Kier alpha value is -2.15. The van der Waals surface area contributed by atoms with Crippen molar-refractivity contribution in [2.75, 3.05) is 0 Å². The predicted octanol–water partition coefficient (Wildman–Crippen LogP) is 5.61. The zero-order chi connectivity index (χ0) is 16.7. The normalized spacial score (nSPS) is 15.3. The third-order valence-electron chi connectivity index (χ3n) is 5.64. The summed E-state index contributed by atoms with van der Waals surface area (Å²) in [7, 11) is 2.16. The average Bonchev–Trinajstić information content (AvgIpc) is 3.10. The topological polar surface area (TPSA) is 3.88 Å². The smallest absolute Gasteiger partial charge is 0.200 e. The molecule has 1 heteroatoms. The molecule has 1 heterocycles. The van der Waals surface area contributed by atoms with Crippen LogP contribution in [0.15, 0.2) is 48.7 Å². The highest BCUT2D eigenvalue weighted by atomic mass is 14.9. The number of hydrogen-bond donors (Lipinski definition) is 0. The van der Waals surface area contributed by atoms with Crippen molar-refractivity contribution in [1.82, 2.24) is 0 Å². The number of aryl methyl sites for hydroxylation is 3. The van der Waals surface area contributed by atoms with Crippen LogP contribution in [-0.4, -0.2) is 0 Å². The van der Waals surface area contributed by atoms with Gasteiger partial charge in [-0.15, -0.1) is 0 Å². The van der Waals surface area contributed by atoms with Crippen molar-refractivity contribution in [3.8, 4) is 11.3 Å². The van der Waals surface area contributed by atoms with E-state index in [1.807, 2.05) is 0 Å².